The fraction of sp³-hybridized carbons (Fsp3) is 0.278. The number of hydrogen-bond acceptors (Lipinski definition) is 4. The second kappa shape index (κ2) is 7.50. The molecule has 0 bridgehead atoms. The van der Waals surface area contributed by atoms with Crippen molar-refractivity contribution in [2.45, 2.75) is 13.8 Å². The van der Waals surface area contributed by atoms with Crippen LogP contribution in [0.5, 0.6) is 0 Å². The zero-order valence-electron chi connectivity index (χ0n) is 13.1. The summed E-state index contributed by atoms with van der Waals surface area (Å²) in [6, 6.07) is 15.0. The molecule has 0 aliphatic carbocycles. The first-order valence-electron chi connectivity index (χ1n) is 7.44. The molecule has 0 radical (unpaired) electrons. The van der Waals surface area contributed by atoms with Gasteiger partial charge in [-0.15, -0.1) is 0 Å². The normalized spacial score (nSPS) is 10.3. The molecule has 2 aromatic rings. The molecule has 0 atom stereocenters. The summed E-state index contributed by atoms with van der Waals surface area (Å²) in [5.74, 6) is -0.319. The van der Waals surface area contributed by atoms with Gasteiger partial charge in [0.15, 0.2) is 0 Å². The zero-order valence-corrected chi connectivity index (χ0v) is 13.1. The van der Waals surface area contributed by atoms with Crippen molar-refractivity contribution in [3.8, 4) is 0 Å². The molecule has 0 unspecified atom stereocenters. The predicted molar refractivity (Wildman–Crippen MR) is 90.2 cm³/mol. The Bertz CT molecular complexity index is 623. The first kappa shape index (κ1) is 15.9. The summed E-state index contributed by atoms with van der Waals surface area (Å²) in [6.07, 6.45) is 0. The van der Waals surface area contributed by atoms with E-state index in [1.165, 1.54) is 5.56 Å². The number of hydrogen-bond donors (Lipinski definition) is 1. The number of aryl methyl sites for hydroxylation is 1. The number of nitrogen functional groups attached to an aromatic ring is 1. The van der Waals surface area contributed by atoms with Gasteiger partial charge in [-0.25, -0.2) is 4.79 Å². The average molecular weight is 298 g/mol. The average Bonchev–Trinajstić information content (AvgIpc) is 2.52. The Morgan fingerprint density at radius 3 is 2.55 bits per heavy atom. The van der Waals surface area contributed by atoms with E-state index in [0.29, 0.717) is 24.4 Å². The lowest BCUT2D eigenvalue weighted by atomic mass is 10.2. The number of benzene rings is 2. The van der Waals surface area contributed by atoms with Gasteiger partial charge in [0.25, 0.3) is 0 Å². The van der Waals surface area contributed by atoms with Crippen molar-refractivity contribution in [2.24, 2.45) is 0 Å². The van der Waals surface area contributed by atoms with Crippen LogP contribution in [0, 0.1) is 6.92 Å². The molecule has 0 saturated carbocycles. The summed E-state index contributed by atoms with van der Waals surface area (Å²) in [5, 5.41) is 0. The topological polar surface area (TPSA) is 55.6 Å². The van der Waals surface area contributed by atoms with Crippen LogP contribution >= 0.6 is 0 Å². The predicted octanol–water partition coefficient (Wildman–Crippen LogP) is 3.26. The standard InChI is InChI=1S/C18H22N2O2/c1-3-20(17-6-4-5-14(2)13-17)11-12-22-18(21)15-7-9-16(19)10-8-15/h4-10,13H,3,11-12,19H2,1-2H3. The first-order chi connectivity index (χ1) is 10.6. The first-order valence-corrected chi connectivity index (χ1v) is 7.44. The van der Waals surface area contributed by atoms with Crippen molar-refractivity contribution >= 4 is 17.3 Å². The van der Waals surface area contributed by atoms with Gasteiger partial charge in [-0.05, 0) is 55.8 Å². The third-order valence-corrected chi connectivity index (χ3v) is 3.49. The summed E-state index contributed by atoms with van der Waals surface area (Å²) >= 11 is 0. The Morgan fingerprint density at radius 2 is 1.91 bits per heavy atom. The van der Waals surface area contributed by atoms with Crippen molar-refractivity contribution in [1.82, 2.24) is 0 Å². The lowest BCUT2D eigenvalue weighted by molar-refractivity contribution is 0.0515. The Balaban J connectivity index is 1.88. The summed E-state index contributed by atoms with van der Waals surface area (Å²) in [7, 11) is 0. The van der Waals surface area contributed by atoms with Crippen LogP contribution in [0.25, 0.3) is 0 Å². The number of ether oxygens (including phenoxy) is 1. The van der Waals surface area contributed by atoms with Crippen LogP contribution in [0.2, 0.25) is 0 Å². The van der Waals surface area contributed by atoms with Gasteiger partial charge < -0.3 is 15.4 Å². The van der Waals surface area contributed by atoms with Gasteiger partial charge >= 0.3 is 5.97 Å². The number of rotatable bonds is 6. The van der Waals surface area contributed by atoms with E-state index in [9.17, 15) is 4.79 Å². The minimum atomic E-state index is -0.319. The van der Waals surface area contributed by atoms with Gasteiger partial charge in [-0.2, -0.15) is 0 Å². The zero-order chi connectivity index (χ0) is 15.9. The van der Waals surface area contributed by atoms with Crippen molar-refractivity contribution in [3.05, 3.63) is 59.7 Å². The van der Waals surface area contributed by atoms with Crippen LogP contribution in [0.1, 0.15) is 22.8 Å². The highest BCUT2D eigenvalue weighted by molar-refractivity contribution is 5.89. The highest BCUT2D eigenvalue weighted by Gasteiger charge is 2.09. The fourth-order valence-corrected chi connectivity index (χ4v) is 2.25. The highest BCUT2D eigenvalue weighted by Crippen LogP contribution is 2.15. The molecular weight excluding hydrogens is 276 g/mol. The minimum Gasteiger partial charge on any atom is -0.460 e. The van der Waals surface area contributed by atoms with E-state index < -0.39 is 0 Å². The number of likely N-dealkylation sites (N-methyl/N-ethyl adjacent to an activating group) is 1. The smallest absolute Gasteiger partial charge is 0.338 e. The van der Waals surface area contributed by atoms with Crippen molar-refractivity contribution in [2.75, 3.05) is 30.3 Å². The lowest BCUT2D eigenvalue weighted by Crippen LogP contribution is -2.28. The number of carbonyl (C=O) groups is 1. The SMILES string of the molecule is CCN(CCOC(=O)c1ccc(N)cc1)c1cccc(C)c1. The molecule has 0 aromatic heterocycles. The van der Waals surface area contributed by atoms with Crippen molar-refractivity contribution < 1.29 is 9.53 Å². The summed E-state index contributed by atoms with van der Waals surface area (Å²) in [5.41, 5.74) is 9.12. The molecule has 2 aromatic carbocycles. The Labute approximate surface area is 131 Å². The van der Waals surface area contributed by atoms with Gasteiger partial charge in [0, 0.05) is 17.9 Å². The molecule has 4 nitrogen and oxygen atoms in total. The Hall–Kier alpha value is -2.49. The van der Waals surface area contributed by atoms with Crippen LogP contribution in [0.4, 0.5) is 11.4 Å². The number of nitrogens with two attached hydrogens (primary N) is 1. The molecule has 0 aliphatic rings. The Morgan fingerprint density at radius 1 is 1.18 bits per heavy atom. The molecular formula is C18H22N2O2. The second-order valence-corrected chi connectivity index (χ2v) is 5.18. The quantitative estimate of drug-likeness (QED) is 0.657. The number of carbonyl (C=O) groups excluding carboxylic acids is 1. The molecule has 0 heterocycles. The van der Waals surface area contributed by atoms with E-state index in [2.05, 4.69) is 36.9 Å². The summed E-state index contributed by atoms with van der Waals surface area (Å²) in [6.45, 7) is 6.04. The van der Waals surface area contributed by atoms with Crippen LogP contribution in [0.15, 0.2) is 48.5 Å². The molecule has 0 amide bonds. The second-order valence-electron chi connectivity index (χ2n) is 5.18. The van der Waals surface area contributed by atoms with Crippen LogP contribution < -0.4 is 10.6 Å². The number of nitrogens with zero attached hydrogens (tertiary/aromatic N) is 1. The molecule has 0 fully saturated rings. The van der Waals surface area contributed by atoms with E-state index in [4.69, 9.17) is 10.5 Å². The minimum absolute atomic E-state index is 0.319. The van der Waals surface area contributed by atoms with Gasteiger partial charge in [-0.1, -0.05) is 12.1 Å². The molecule has 22 heavy (non-hydrogen) atoms. The largest absolute Gasteiger partial charge is 0.460 e. The van der Waals surface area contributed by atoms with E-state index in [1.807, 2.05) is 6.07 Å². The molecule has 0 saturated heterocycles. The van der Waals surface area contributed by atoms with E-state index in [1.54, 1.807) is 24.3 Å². The fourth-order valence-electron chi connectivity index (χ4n) is 2.25. The Kier molecular flexibility index (Phi) is 5.42. The lowest BCUT2D eigenvalue weighted by Gasteiger charge is -2.23. The van der Waals surface area contributed by atoms with E-state index in [-0.39, 0.29) is 5.97 Å². The van der Waals surface area contributed by atoms with Gasteiger partial charge in [0.1, 0.15) is 6.61 Å². The van der Waals surface area contributed by atoms with Gasteiger partial charge in [0.2, 0.25) is 0 Å². The van der Waals surface area contributed by atoms with Crippen LogP contribution in [-0.2, 0) is 4.74 Å². The maximum atomic E-state index is 11.9. The third kappa shape index (κ3) is 4.25. The van der Waals surface area contributed by atoms with Crippen molar-refractivity contribution in [1.29, 1.82) is 0 Å². The maximum absolute atomic E-state index is 11.9. The molecule has 2 rings (SSSR count). The van der Waals surface area contributed by atoms with Crippen molar-refractivity contribution in [3.63, 3.8) is 0 Å². The monoisotopic (exact) mass is 298 g/mol. The number of esters is 1. The molecule has 0 aliphatic heterocycles. The molecule has 2 N–H and O–H groups in total. The number of anilines is 2. The van der Waals surface area contributed by atoms with E-state index >= 15 is 0 Å². The maximum Gasteiger partial charge on any atom is 0.338 e. The van der Waals surface area contributed by atoms with Crippen LogP contribution in [0.3, 0.4) is 0 Å². The van der Waals surface area contributed by atoms with Gasteiger partial charge in [0.05, 0.1) is 12.1 Å². The van der Waals surface area contributed by atoms with Gasteiger partial charge in [-0.3, -0.25) is 0 Å². The van der Waals surface area contributed by atoms with E-state index in [0.717, 1.165) is 12.2 Å². The molecule has 0 spiro atoms. The highest BCUT2D eigenvalue weighted by atomic mass is 16.5. The third-order valence-electron chi connectivity index (χ3n) is 3.49. The van der Waals surface area contributed by atoms with Crippen LogP contribution in [-0.4, -0.2) is 25.7 Å². The summed E-state index contributed by atoms with van der Waals surface area (Å²) in [4.78, 5) is 14.1. The molecule has 4 heteroatoms. The molecule has 116 valence electrons. The summed E-state index contributed by atoms with van der Waals surface area (Å²) < 4.78 is 5.33.